The molecule has 0 aromatic heterocycles. The molecule has 3 nitrogen and oxygen atoms in total. The number of alkyl halides is 3. The third-order valence-electron chi connectivity index (χ3n) is 3.19. The number of nitrogens with one attached hydrogen (secondary N) is 1. The highest BCUT2D eigenvalue weighted by molar-refractivity contribution is 6.04. The van der Waals surface area contributed by atoms with E-state index >= 15 is 0 Å². The zero-order chi connectivity index (χ0) is 17.0. The first-order chi connectivity index (χ1) is 10.7. The minimum absolute atomic E-state index is 0.329. The fourth-order valence-corrected chi connectivity index (χ4v) is 1.96. The van der Waals surface area contributed by atoms with E-state index in [-0.39, 0.29) is 11.7 Å². The van der Waals surface area contributed by atoms with Crippen molar-refractivity contribution in [3.8, 4) is 5.75 Å². The predicted octanol–water partition coefficient (Wildman–Crippen LogP) is 4.96. The highest BCUT2D eigenvalue weighted by atomic mass is 19.4. The average Bonchev–Trinajstić information content (AvgIpc) is 2.48. The van der Waals surface area contributed by atoms with Crippen LogP contribution in [0, 0.1) is 0 Å². The van der Waals surface area contributed by atoms with Crippen molar-refractivity contribution in [3.63, 3.8) is 0 Å². The number of hydrogen-bond donors (Lipinski definition) is 1. The molecule has 0 atom stereocenters. The van der Waals surface area contributed by atoms with E-state index in [4.69, 9.17) is 0 Å². The molecule has 1 N–H and O–H groups in total. The van der Waals surface area contributed by atoms with E-state index in [1.54, 1.807) is 12.1 Å². The van der Waals surface area contributed by atoms with Gasteiger partial charge in [0, 0.05) is 11.3 Å². The molecule has 0 radical (unpaired) electrons. The summed E-state index contributed by atoms with van der Waals surface area (Å²) in [5.74, 6) is -0.296. The van der Waals surface area contributed by atoms with Crippen molar-refractivity contribution in [3.05, 3.63) is 59.7 Å². The maximum absolute atomic E-state index is 12.1. The normalized spacial score (nSPS) is 11.4. The van der Waals surface area contributed by atoms with Gasteiger partial charge in [0.2, 0.25) is 0 Å². The number of ether oxygens (including phenoxy) is 1. The molecule has 0 unspecified atom stereocenters. The van der Waals surface area contributed by atoms with Crippen molar-refractivity contribution in [1.82, 2.24) is 0 Å². The van der Waals surface area contributed by atoms with Gasteiger partial charge in [0.1, 0.15) is 5.75 Å². The lowest BCUT2D eigenvalue weighted by Crippen LogP contribution is -2.17. The summed E-state index contributed by atoms with van der Waals surface area (Å²) >= 11 is 0. The Bertz CT molecular complexity index is 662. The van der Waals surface area contributed by atoms with Crippen LogP contribution in [-0.2, 0) is 0 Å². The Labute approximate surface area is 132 Å². The molecule has 0 aliphatic rings. The fourth-order valence-electron chi connectivity index (χ4n) is 1.96. The number of halogens is 3. The first kappa shape index (κ1) is 16.9. The van der Waals surface area contributed by atoms with Crippen LogP contribution in [0.1, 0.15) is 35.7 Å². The van der Waals surface area contributed by atoms with E-state index in [9.17, 15) is 18.0 Å². The smallest absolute Gasteiger partial charge is 0.406 e. The summed E-state index contributed by atoms with van der Waals surface area (Å²) in [6.45, 7) is 4.11. The standard InChI is InChI=1S/C17H16F3NO2/c1-11(2)12-3-5-13(6-4-12)16(22)21-14-7-9-15(10-8-14)23-17(18,19)20/h3-11H,1-2H3,(H,21,22). The lowest BCUT2D eigenvalue weighted by molar-refractivity contribution is -0.274. The fraction of sp³-hybridized carbons (Fsp3) is 0.235. The third-order valence-corrected chi connectivity index (χ3v) is 3.19. The summed E-state index contributed by atoms with van der Waals surface area (Å²) in [4.78, 5) is 12.1. The molecule has 0 heterocycles. The minimum atomic E-state index is -4.73. The molecule has 1 amide bonds. The second-order valence-electron chi connectivity index (χ2n) is 5.30. The molecule has 0 bridgehead atoms. The van der Waals surface area contributed by atoms with Crippen LogP contribution < -0.4 is 10.1 Å². The molecule has 2 aromatic rings. The molecule has 0 aliphatic carbocycles. The van der Waals surface area contributed by atoms with Crippen LogP contribution in [0.4, 0.5) is 18.9 Å². The van der Waals surface area contributed by atoms with E-state index in [0.29, 0.717) is 17.2 Å². The number of anilines is 1. The van der Waals surface area contributed by atoms with Gasteiger partial charge in [-0.25, -0.2) is 0 Å². The van der Waals surface area contributed by atoms with Crippen molar-refractivity contribution < 1.29 is 22.7 Å². The van der Waals surface area contributed by atoms with Gasteiger partial charge < -0.3 is 10.1 Å². The van der Waals surface area contributed by atoms with Gasteiger partial charge in [-0.05, 0) is 47.9 Å². The Morgan fingerprint density at radius 1 is 1.00 bits per heavy atom. The van der Waals surface area contributed by atoms with Gasteiger partial charge in [-0.1, -0.05) is 26.0 Å². The topological polar surface area (TPSA) is 38.3 Å². The summed E-state index contributed by atoms with van der Waals surface area (Å²) in [6, 6.07) is 12.2. The molecule has 0 fully saturated rings. The lowest BCUT2D eigenvalue weighted by atomic mass is 10.0. The van der Waals surface area contributed by atoms with Gasteiger partial charge in [0.05, 0.1) is 0 Å². The average molecular weight is 323 g/mol. The first-order valence-corrected chi connectivity index (χ1v) is 7.02. The molecule has 122 valence electrons. The highest BCUT2D eigenvalue weighted by Crippen LogP contribution is 2.24. The van der Waals surface area contributed by atoms with Crippen LogP contribution in [-0.4, -0.2) is 12.3 Å². The number of benzene rings is 2. The van der Waals surface area contributed by atoms with Crippen molar-refractivity contribution in [2.24, 2.45) is 0 Å². The van der Waals surface area contributed by atoms with Crippen molar-refractivity contribution in [2.45, 2.75) is 26.1 Å². The van der Waals surface area contributed by atoms with Crippen molar-refractivity contribution >= 4 is 11.6 Å². The SMILES string of the molecule is CC(C)c1ccc(C(=O)Nc2ccc(OC(F)(F)F)cc2)cc1. The molecule has 6 heteroatoms. The zero-order valence-electron chi connectivity index (χ0n) is 12.6. The lowest BCUT2D eigenvalue weighted by Gasteiger charge is -2.10. The van der Waals surface area contributed by atoms with Gasteiger partial charge in [0.25, 0.3) is 5.91 Å². The second kappa shape index (κ2) is 6.73. The summed E-state index contributed by atoms with van der Waals surface area (Å²) in [6.07, 6.45) is -4.73. The number of carbonyl (C=O) groups excluding carboxylic acids is 1. The van der Waals surface area contributed by atoms with Crippen molar-refractivity contribution in [1.29, 1.82) is 0 Å². The van der Waals surface area contributed by atoms with Crippen LogP contribution in [0.25, 0.3) is 0 Å². The number of amides is 1. The molecule has 0 spiro atoms. The van der Waals surface area contributed by atoms with Crippen LogP contribution in [0.3, 0.4) is 0 Å². The van der Waals surface area contributed by atoms with Gasteiger partial charge in [-0.3, -0.25) is 4.79 Å². The third kappa shape index (κ3) is 5.02. The predicted molar refractivity (Wildman–Crippen MR) is 81.6 cm³/mol. The molecule has 0 saturated carbocycles. The van der Waals surface area contributed by atoms with E-state index in [1.165, 1.54) is 12.1 Å². The molecular formula is C17H16F3NO2. The number of rotatable bonds is 4. The monoisotopic (exact) mass is 323 g/mol. The van der Waals surface area contributed by atoms with Gasteiger partial charge in [-0.15, -0.1) is 13.2 Å². The maximum atomic E-state index is 12.1. The van der Waals surface area contributed by atoms with E-state index in [2.05, 4.69) is 23.9 Å². The Hall–Kier alpha value is -2.50. The van der Waals surface area contributed by atoms with Crippen molar-refractivity contribution in [2.75, 3.05) is 5.32 Å². The molecular weight excluding hydrogens is 307 g/mol. The summed E-state index contributed by atoms with van der Waals surface area (Å²) < 4.78 is 40.0. The van der Waals surface area contributed by atoms with Crippen LogP contribution in [0.5, 0.6) is 5.75 Å². The summed E-state index contributed by atoms with van der Waals surface area (Å²) in [5, 5.41) is 2.62. The summed E-state index contributed by atoms with van der Waals surface area (Å²) in [7, 11) is 0. The largest absolute Gasteiger partial charge is 0.573 e. The molecule has 2 aromatic carbocycles. The molecule has 0 saturated heterocycles. The quantitative estimate of drug-likeness (QED) is 0.863. The minimum Gasteiger partial charge on any atom is -0.406 e. The summed E-state index contributed by atoms with van der Waals surface area (Å²) in [5.41, 5.74) is 1.98. The Morgan fingerprint density at radius 3 is 2.04 bits per heavy atom. The number of carbonyl (C=O) groups is 1. The zero-order valence-corrected chi connectivity index (χ0v) is 12.6. The Kier molecular flexibility index (Phi) is 4.93. The van der Waals surface area contributed by atoms with Crippen LogP contribution >= 0.6 is 0 Å². The Balaban J connectivity index is 2.02. The van der Waals surface area contributed by atoms with Gasteiger partial charge in [-0.2, -0.15) is 0 Å². The van der Waals surface area contributed by atoms with Gasteiger partial charge >= 0.3 is 6.36 Å². The maximum Gasteiger partial charge on any atom is 0.573 e. The van der Waals surface area contributed by atoms with E-state index in [0.717, 1.165) is 17.7 Å². The molecule has 23 heavy (non-hydrogen) atoms. The first-order valence-electron chi connectivity index (χ1n) is 7.02. The van der Waals surface area contributed by atoms with Crippen LogP contribution in [0.15, 0.2) is 48.5 Å². The van der Waals surface area contributed by atoms with E-state index in [1.807, 2.05) is 12.1 Å². The highest BCUT2D eigenvalue weighted by Gasteiger charge is 2.30. The molecule has 0 aliphatic heterocycles. The van der Waals surface area contributed by atoms with Crippen LogP contribution in [0.2, 0.25) is 0 Å². The molecule has 2 rings (SSSR count). The van der Waals surface area contributed by atoms with Gasteiger partial charge in [0.15, 0.2) is 0 Å². The second-order valence-corrected chi connectivity index (χ2v) is 5.30. The number of hydrogen-bond acceptors (Lipinski definition) is 2. The Morgan fingerprint density at radius 2 is 1.57 bits per heavy atom. The van der Waals surface area contributed by atoms with E-state index < -0.39 is 6.36 Å².